The van der Waals surface area contributed by atoms with E-state index in [4.69, 9.17) is 5.41 Å². The molecule has 2 aromatic rings. The van der Waals surface area contributed by atoms with Crippen LogP contribution in [0, 0.1) is 5.41 Å². The van der Waals surface area contributed by atoms with Crippen LogP contribution in [0.2, 0.25) is 0 Å². The molecule has 0 aliphatic rings. The highest BCUT2D eigenvalue weighted by molar-refractivity contribution is 7.20. The number of hydrogen-bond acceptors (Lipinski definition) is 3. The van der Waals surface area contributed by atoms with Gasteiger partial charge in [-0.2, -0.15) is 0 Å². The van der Waals surface area contributed by atoms with E-state index in [2.05, 4.69) is 41.9 Å². The highest BCUT2D eigenvalue weighted by Crippen LogP contribution is 2.08. The number of rotatable bonds is 14. The van der Waals surface area contributed by atoms with Crippen LogP contribution in [0.25, 0.3) is 0 Å². The average molecular weight is 581 g/mol. The fourth-order valence-electron chi connectivity index (χ4n) is 3.31. The van der Waals surface area contributed by atoms with Crippen molar-refractivity contribution < 1.29 is 9.59 Å². The zero-order chi connectivity index (χ0) is 31.3. The fourth-order valence-corrected chi connectivity index (χ4v) is 3.31. The van der Waals surface area contributed by atoms with Crippen molar-refractivity contribution in [2.75, 3.05) is 0 Å². The summed E-state index contributed by atoms with van der Waals surface area (Å²) in [5, 5.41) is 12.3. The van der Waals surface area contributed by atoms with Gasteiger partial charge in [-0.3, -0.25) is 9.59 Å². The van der Waals surface area contributed by atoms with Gasteiger partial charge in [0.15, 0.2) is 5.78 Å². The number of hydrogen-bond donors (Lipinski definition) is 2. The first kappa shape index (κ1) is 40.3. The van der Waals surface area contributed by atoms with Crippen molar-refractivity contribution in [2.24, 2.45) is 0 Å². The third-order valence-electron chi connectivity index (χ3n) is 5.35. The molecule has 0 saturated carbocycles. The van der Waals surface area contributed by atoms with E-state index in [0.717, 1.165) is 23.1 Å². The summed E-state index contributed by atoms with van der Waals surface area (Å²) in [5.74, 6) is 0.0356. The summed E-state index contributed by atoms with van der Waals surface area (Å²) in [4.78, 5) is 23.6. The van der Waals surface area contributed by atoms with Gasteiger partial charge in [0, 0.05) is 19.4 Å². The maximum absolute atomic E-state index is 12.0. The van der Waals surface area contributed by atoms with Gasteiger partial charge in [0.25, 0.3) is 0 Å². The number of carbonyl (C=O) groups is 2. The zero-order valence-corrected chi connectivity index (χ0v) is 27.9. The Morgan fingerprint density at radius 1 is 0.780 bits per heavy atom. The zero-order valence-electron chi connectivity index (χ0n) is 26.9. The van der Waals surface area contributed by atoms with Crippen LogP contribution in [0.3, 0.4) is 0 Å². The van der Waals surface area contributed by atoms with E-state index >= 15 is 0 Å². The highest BCUT2D eigenvalue weighted by Gasteiger charge is 2.04. The molecule has 4 nitrogen and oxygen atoms in total. The molecule has 2 aromatic carbocycles. The van der Waals surface area contributed by atoms with Gasteiger partial charge in [-0.1, -0.05) is 127 Å². The Hall–Kier alpha value is -2.84. The van der Waals surface area contributed by atoms with Crippen molar-refractivity contribution >= 4 is 31.6 Å². The molecule has 0 unspecified atom stereocenters. The lowest BCUT2D eigenvalue weighted by molar-refractivity contribution is -0.121. The Labute approximate surface area is 254 Å². The summed E-state index contributed by atoms with van der Waals surface area (Å²) in [5.41, 5.74) is 3.08. The fraction of sp³-hybridized carbons (Fsp3) is 0.500. The predicted octanol–water partition coefficient (Wildman–Crippen LogP) is 9.96. The third kappa shape index (κ3) is 27.1. The Kier molecular flexibility index (Phi) is 28.2. The van der Waals surface area contributed by atoms with Gasteiger partial charge in [-0.05, 0) is 61.6 Å². The van der Waals surface area contributed by atoms with E-state index in [1.54, 1.807) is 6.08 Å². The maximum Gasteiger partial charge on any atom is 0.220 e. The smallest absolute Gasteiger partial charge is 0.220 e. The van der Waals surface area contributed by atoms with Crippen LogP contribution in [0.1, 0.15) is 123 Å². The Morgan fingerprint density at radius 3 is 1.88 bits per heavy atom. The van der Waals surface area contributed by atoms with Crippen LogP contribution in [0.4, 0.5) is 0 Å². The maximum atomic E-state index is 12.0. The second-order valence-electron chi connectivity index (χ2n) is 10.2. The molecule has 0 aliphatic carbocycles. The van der Waals surface area contributed by atoms with Gasteiger partial charge in [0.1, 0.15) is 0 Å². The first-order valence-electron chi connectivity index (χ1n) is 15.4. The van der Waals surface area contributed by atoms with Gasteiger partial charge in [-0.15, -0.1) is 8.86 Å². The summed E-state index contributed by atoms with van der Waals surface area (Å²) < 4.78 is 0. The molecule has 0 atom stereocenters. The summed E-state index contributed by atoms with van der Waals surface area (Å²) >= 11 is 0. The van der Waals surface area contributed by atoms with Gasteiger partial charge in [0.05, 0.1) is 5.71 Å². The molecule has 2 rings (SSSR count). The molecular formula is C36H57N2O2P. The monoisotopic (exact) mass is 580 g/mol. The largest absolute Gasteiger partial charge is 0.352 e. The molecule has 2 N–H and O–H groups in total. The van der Waals surface area contributed by atoms with Crippen molar-refractivity contribution in [1.29, 1.82) is 5.41 Å². The lowest BCUT2D eigenvalue weighted by Crippen LogP contribution is -2.22. The first-order valence-corrected chi connectivity index (χ1v) is 15.9. The second-order valence-corrected chi connectivity index (χ2v) is 11.2. The molecule has 1 amide bonds. The quantitative estimate of drug-likeness (QED) is 0.101. The minimum Gasteiger partial charge on any atom is -0.352 e. The minimum absolute atomic E-state index is 0.00610. The first-order chi connectivity index (χ1) is 19.6. The molecule has 228 valence electrons. The van der Waals surface area contributed by atoms with Crippen molar-refractivity contribution in [3.8, 4) is 0 Å². The number of carbonyl (C=O) groups excluding carboxylic acids is 2. The molecule has 0 saturated heterocycles. The van der Waals surface area contributed by atoms with Gasteiger partial charge in [0.2, 0.25) is 5.91 Å². The van der Waals surface area contributed by atoms with Crippen LogP contribution >= 0.6 is 8.86 Å². The van der Waals surface area contributed by atoms with Crippen LogP contribution < -0.4 is 5.32 Å². The van der Waals surface area contributed by atoms with Crippen LogP contribution in [0.5, 0.6) is 0 Å². The predicted molar refractivity (Wildman–Crippen MR) is 184 cm³/mol. The molecule has 0 aliphatic heterocycles. The third-order valence-corrected chi connectivity index (χ3v) is 5.35. The molecule has 0 radical (unpaired) electrons. The van der Waals surface area contributed by atoms with E-state index in [1.807, 2.05) is 75.4 Å². The summed E-state index contributed by atoms with van der Waals surface area (Å²) in [7, 11) is 3.23. The number of benzene rings is 2. The summed E-state index contributed by atoms with van der Waals surface area (Å²) in [6, 6.07) is 17.4. The minimum atomic E-state index is 0.00610. The van der Waals surface area contributed by atoms with E-state index in [9.17, 15) is 9.59 Å². The van der Waals surface area contributed by atoms with Gasteiger partial charge in [-0.25, -0.2) is 0 Å². The van der Waals surface area contributed by atoms with Gasteiger partial charge < -0.3 is 10.7 Å². The van der Waals surface area contributed by atoms with Crippen LogP contribution in [0.15, 0.2) is 66.7 Å². The van der Waals surface area contributed by atoms with E-state index in [-0.39, 0.29) is 17.4 Å². The Bertz CT molecular complexity index is 992. The van der Waals surface area contributed by atoms with E-state index < -0.39 is 0 Å². The van der Waals surface area contributed by atoms with Crippen LogP contribution in [-0.4, -0.2) is 22.7 Å². The van der Waals surface area contributed by atoms with Crippen molar-refractivity contribution in [2.45, 2.75) is 119 Å². The molecule has 0 fully saturated rings. The molecule has 0 aromatic heterocycles. The number of allylic oxidation sites excluding steroid dienone is 2. The van der Waals surface area contributed by atoms with Crippen molar-refractivity contribution in [1.82, 2.24) is 5.32 Å². The molecule has 0 heterocycles. The van der Waals surface area contributed by atoms with Crippen LogP contribution in [-0.2, 0) is 22.6 Å². The second kappa shape index (κ2) is 28.7. The Balaban J connectivity index is 0. The number of aryl methyl sites for hydroxylation is 1. The molecule has 0 spiro atoms. The number of amides is 1. The highest BCUT2D eigenvalue weighted by atomic mass is 31.0. The molecule has 41 heavy (non-hydrogen) atoms. The molecule has 0 bridgehead atoms. The summed E-state index contributed by atoms with van der Waals surface area (Å²) in [6.45, 7) is 15.1. The van der Waals surface area contributed by atoms with Gasteiger partial charge >= 0.3 is 0 Å². The molecular weight excluding hydrogens is 523 g/mol. The number of ketones is 1. The van der Waals surface area contributed by atoms with Crippen molar-refractivity contribution in [3.63, 3.8) is 0 Å². The average Bonchev–Trinajstić information content (AvgIpc) is 2.95. The number of nitrogens with one attached hydrogen (secondary N) is 2. The molecule has 5 heteroatoms. The topological polar surface area (TPSA) is 70.0 Å². The lowest BCUT2D eigenvalue weighted by Gasteiger charge is -2.06. The summed E-state index contributed by atoms with van der Waals surface area (Å²) in [6.07, 6.45) is 13.7. The number of unbranched alkanes of at least 4 members (excludes halogenated alkanes) is 4. The lowest BCUT2D eigenvalue weighted by atomic mass is 10.0. The Morgan fingerprint density at radius 2 is 1.34 bits per heavy atom. The normalized spacial score (nSPS) is 9.73. The standard InChI is InChI=1S/C23H26N2O2.C7H16.C3H7P.C3H8/c1-2-7-23(27)25-17-19-10-6-11-20(16-19)22(24)15-14-21(26)13-12-18-8-4-3-5-9-18;1-3-5-7-6-4-2;1-3(2)4;1-3-2/h3-6,8-11,14-16,24H,2,7,12-13,17H2,1H3,(H,25,27);3-7H2,1-2H3;4H,1-2H3;3H2,1-2H3/b15-14-,24-22?;;;. The van der Waals surface area contributed by atoms with E-state index in [1.165, 1.54) is 49.9 Å². The van der Waals surface area contributed by atoms with E-state index in [0.29, 0.717) is 25.8 Å². The van der Waals surface area contributed by atoms with Crippen molar-refractivity contribution in [3.05, 3.63) is 83.4 Å². The SMILES string of the molecule is CC(C)=P.CCC.CCCC(=O)NCc1cccc(C(=N)/C=C\C(=O)CCc2ccccc2)c1.CCCCCCC.